The highest BCUT2D eigenvalue weighted by Crippen LogP contribution is 2.29. The van der Waals surface area contributed by atoms with E-state index in [2.05, 4.69) is 0 Å². The molecule has 0 spiro atoms. The van der Waals surface area contributed by atoms with Gasteiger partial charge in [-0.05, 0) is 13.3 Å². The van der Waals surface area contributed by atoms with E-state index in [-0.39, 0.29) is 18.7 Å². The van der Waals surface area contributed by atoms with Gasteiger partial charge in [0.2, 0.25) is 11.8 Å². The third-order valence-corrected chi connectivity index (χ3v) is 2.97. The monoisotopic (exact) mass is 228 g/mol. The number of carboxylic acids is 1. The lowest BCUT2D eigenvalue weighted by Crippen LogP contribution is -2.38. The third kappa shape index (κ3) is 2.71. The van der Waals surface area contributed by atoms with Crippen LogP contribution in [0.25, 0.3) is 0 Å². The number of carboxylic acid groups (broad SMARTS) is 1. The van der Waals surface area contributed by atoms with Crippen LogP contribution in [0.4, 0.5) is 0 Å². The fourth-order valence-electron chi connectivity index (χ4n) is 1.75. The molecule has 1 aliphatic rings. The first-order valence-electron chi connectivity index (χ1n) is 5.14. The molecular weight excluding hydrogens is 212 g/mol. The van der Waals surface area contributed by atoms with E-state index in [0.717, 1.165) is 0 Å². The Morgan fingerprint density at radius 3 is 2.44 bits per heavy atom. The predicted octanol–water partition coefficient (Wildman–Crippen LogP) is -0.425. The lowest BCUT2D eigenvalue weighted by atomic mass is 9.89. The van der Waals surface area contributed by atoms with E-state index in [4.69, 9.17) is 10.8 Å². The minimum atomic E-state index is -0.995. The van der Waals surface area contributed by atoms with Crippen LogP contribution in [-0.4, -0.2) is 40.9 Å². The van der Waals surface area contributed by atoms with Crippen molar-refractivity contribution in [2.45, 2.75) is 26.2 Å². The van der Waals surface area contributed by atoms with Gasteiger partial charge in [-0.3, -0.25) is 14.4 Å². The molecule has 0 aromatic heterocycles. The fraction of sp³-hybridized carbons (Fsp3) is 0.700. The Balaban J connectivity index is 2.50. The molecule has 1 saturated heterocycles. The highest BCUT2D eigenvalue weighted by molar-refractivity contribution is 5.84. The number of hydrogen-bond donors (Lipinski definition) is 2. The van der Waals surface area contributed by atoms with Crippen molar-refractivity contribution in [2.75, 3.05) is 13.1 Å². The van der Waals surface area contributed by atoms with Crippen molar-refractivity contribution in [3.05, 3.63) is 0 Å². The van der Waals surface area contributed by atoms with Crippen molar-refractivity contribution in [1.29, 1.82) is 0 Å². The van der Waals surface area contributed by atoms with Gasteiger partial charge in [0.15, 0.2) is 0 Å². The summed E-state index contributed by atoms with van der Waals surface area (Å²) < 4.78 is 0. The van der Waals surface area contributed by atoms with Crippen LogP contribution in [0.2, 0.25) is 0 Å². The number of rotatable bonds is 4. The molecule has 1 aliphatic heterocycles. The number of nitrogens with two attached hydrogens (primary N) is 1. The number of amides is 2. The second kappa shape index (κ2) is 4.51. The second-order valence-corrected chi connectivity index (χ2v) is 4.38. The predicted molar refractivity (Wildman–Crippen MR) is 55.4 cm³/mol. The van der Waals surface area contributed by atoms with Crippen molar-refractivity contribution >= 4 is 17.8 Å². The average molecular weight is 228 g/mol. The minimum absolute atomic E-state index is 0.0236. The van der Waals surface area contributed by atoms with Crippen molar-refractivity contribution < 1.29 is 19.5 Å². The molecule has 3 N–H and O–H groups in total. The largest absolute Gasteiger partial charge is 0.481 e. The zero-order valence-corrected chi connectivity index (χ0v) is 9.23. The number of primary amides is 1. The quantitative estimate of drug-likeness (QED) is 0.682. The molecule has 1 atom stereocenters. The molecule has 0 aromatic rings. The van der Waals surface area contributed by atoms with Crippen LogP contribution in [0.5, 0.6) is 0 Å². The molecule has 0 aromatic carbocycles. The van der Waals surface area contributed by atoms with Crippen molar-refractivity contribution in [3.8, 4) is 0 Å². The first kappa shape index (κ1) is 12.5. The molecule has 6 heteroatoms. The van der Waals surface area contributed by atoms with Gasteiger partial charge in [0.1, 0.15) is 0 Å². The molecule has 2 amide bonds. The molecule has 6 nitrogen and oxygen atoms in total. The van der Waals surface area contributed by atoms with Gasteiger partial charge in [0.05, 0.1) is 11.8 Å². The summed E-state index contributed by atoms with van der Waals surface area (Å²) in [7, 11) is 0. The maximum Gasteiger partial charge on any atom is 0.303 e. The van der Waals surface area contributed by atoms with E-state index in [1.54, 1.807) is 6.92 Å². The third-order valence-electron chi connectivity index (χ3n) is 2.97. The topological polar surface area (TPSA) is 101 Å². The summed E-state index contributed by atoms with van der Waals surface area (Å²) in [6.45, 7) is 2.48. The number of carbonyl (C=O) groups is 3. The summed E-state index contributed by atoms with van der Waals surface area (Å²) in [4.78, 5) is 34.5. The number of aliphatic carboxylic acids is 1. The maximum absolute atomic E-state index is 11.6. The maximum atomic E-state index is 11.6. The number of hydrogen-bond acceptors (Lipinski definition) is 3. The highest BCUT2D eigenvalue weighted by atomic mass is 16.4. The summed E-state index contributed by atoms with van der Waals surface area (Å²) in [6.07, 6.45) is 0.341. The van der Waals surface area contributed by atoms with E-state index < -0.39 is 17.3 Å². The van der Waals surface area contributed by atoms with E-state index in [1.165, 1.54) is 4.90 Å². The zero-order valence-electron chi connectivity index (χ0n) is 9.23. The molecular formula is C10H16N2O4. The van der Waals surface area contributed by atoms with Crippen LogP contribution >= 0.6 is 0 Å². The molecule has 0 saturated carbocycles. The standard InChI is InChI=1S/C10H16N2O4/c1-10(9(11)16)4-5-12(6-10)7(13)2-3-8(14)15/h2-6H2,1H3,(H2,11,16)(H,14,15). The first-order chi connectivity index (χ1) is 7.35. The van der Waals surface area contributed by atoms with E-state index in [9.17, 15) is 14.4 Å². The van der Waals surface area contributed by atoms with Gasteiger partial charge in [-0.15, -0.1) is 0 Å². The first-order valence-corrected chi connectivity index (χ1v) is 5.14. The van der Waals surface area contributed by atoms with Gasteiger partial charge in [-0.25, -0.2) is 0 Å². The molecule has 1 unspecified atom stereocenters. The molecule has 0 radical (unpaired) electrons. The summed E-state index contributed by atoms with van der Waals surface area (Å²) in [5, 5.41) is 8.45. The Hall–Kier alpha value is -1.59. The lowest BCUT2D eigenvalue weighted by molar-refractivity contribution is -0.141. The SMILES string of the molecule is CC1(C(N)=O)CCN(C(=O)CCC(=O)O)C1. The van der Waals surface area contributed by atoms with Gasteiger partial charge < -0.3 is 15.7 Å². The molecule has 1 fully saturated rings. The summed E-state index contributed by atoms with van der Waals surface area (Å²) in [6, 6.07) is 0. The highest BCUT2D eigenvalue weighted by Gasteiger charge is 2.40. The van der Waals surface area contributed by atoms with E-state index >= 15 is 0 Å². The summed E-state index contributed by atoms with van der Waals surface area (Å²) in [5.74, 6) is -1.64. The van der Waals surface area contributed by atoms with Gasteiger partial charge in [-0.1, -0.05) is 0 Å². The Morgan fingerprint density at radius 2 is 2.00 bits per heavy atom. The van der Waals surface area contributed by atoms with E-state index in [1.807, 2.05) is 0 Å². The molecule has 0 bridgehead atoms. The van der Waals surface area contributed by atoms with Gasteiger partial charge in [-0.2, -0.15) is 0 Å². The van der Waals surface area contributed by atoms with Crippen LogP contribution in [0.1, 0.15) is 26.2 Å². The van der Waals surface area contributed by atoms with Crippen LogP contribution in [0, 0.1) is 5.41 Å². The molecule has 90 valence electrons. The summed E-state index contributed by atoms with van der Waals surface area (Å²) >= 11 is 0. The molecule has 1 heterocycles. The van der Waals surface area contributed by atoms with Gasteiger partial charge in [0, 0.05) is 19.5 Å². The Bertz CT molecular complexity index is 329. The van der Waals surface area contributed by atoms with Crippen LogP contribution in [0.3, 0.4) is 0 Å². The van der Waals surface area contributed by atoms with Crippen LogP contribution < -0.4 is 5.73 Å². The Labute approximate surface area is 93.4 Å². The normalized spacial score (nSPS) is 24.4. The average Bonchev–Trinajstić information content (AvgIpc) is 2.59. The van der Waals surface area contributed by atoms with Gasteiger partial charge >= 0.3 is 5.97 Å². The van der Waals surface area contributed by atoms with Crippen molar-refractivity contribution in [2.24, 2.45) is 11.1 Å². The number of nitrogens with zero attached hydrogens (tertiary/aromatic N) is 1. The lowest BCUT2D eigenvalue weighted by Gasteiger charge is -2.20. The molecule has 1 rings (SSSR count). The van der Waals surface area contributed by atoms with Crippen molar-refractivity contribution in [1.82, 2.24) is 4.90 Å². The van der Waals surface area contributed by atoms with Gasteiger partial charge in [0.25, 0.3) is 0 Å². The Kier molecular flexibility index (Phi) is 3.51. The fourth-order valence-corrected chi connectivity index (χ4v) is 1.75. The van der Waals surface area contributed by atoms with Crippen LogP contribution in [0.15, 0.2) is 0 Å². The number of carbonyl (C=O) groups excluding carboxylic acids is 2. The van der Waals surface area contributed by atoms with Crippen molar-refractivity contribution in [3.63, 3.8) is 0 Å². The zero-order chi connectivity index (χ0) is 12.3. The smallest absolute Gasteiger partial charge is 0.303 e. The Morgan fingerprint density at radius 1 is 1.38 bits per heavy atom. The molecule has 0 aliphatic carbocycles. The van der Waals surface area contributed by atoms with E-state index in [0.29, 0.717) is 19.5 Å². The van der Waals surface area contributed by atoms with Crippen LogP contribution in [-0.2, 0) is 14.4 Å². The number of likely N-dealkylation sites (tertiary alicyclic amines) is 1. The minimum Gasteiger partial charge on any atom is -0.481 e. The molecule has 16 heavy (non-hydrogen) atoms. The summed E-state index contributed by atoms with van der Waals surface area (Å²) in [5.41, 5.74) is 4.58. The second-order valence-electron chi connectivity index (χ2n) is 4.38.